The predicted octanol–water partition coefficient (Wildman–Crippen LogP) is 5.37. The van der Waals surface area contributed by atoms with Gasteiger partial charge in [0.2, 0.25) is 5.43 Å². The van der Waals surface area contributed by atoms with Crippen molar-refractivity contribution in [3.63, 3.8) is 0 Å². The first kappa shape index (κ1) is 19.3. The standard InChI is InChI=1S/C21H28O3Si/c1-14(2)25(15(3)4,16(5)6)11-10-17-13-24-20-9-8-18(23-7)12-19(20)21(17)22/h8-9,12-16H,1-7H3. The van der Waals surface area contributed by atoms with Gasteiger partial charge in [0.05, 0.1) is 12.5 Å². The van der Waals surface area contributed by atoms with Gasteiger partial charge in [0.25, 0.3) is 0 Å². The third-order valence-electron chi connectivity index (χ3n) is 5.26. The van der Waals surface area contributed by atoms with E-state index in [1.165, 1.54) is 6.26 Å². The lowest BCUT2D eigenvalue weighted by molar-refractivity contribution is 0.415. The van der Waals surface area contributed by atoms with Crippen LogP contribution in [0.5, 0.6) is 5.75 Å². The lowest BCUT2D eigenvalue weighted by atomic mass is 10.2. The second-order valence-corrected chi connectivity index (χ2v) is 13.1. The van der Waals surface area contributed by atoms with Gasteiger partial charge in [-0.3, -0.25) is 4.79 Å². The normalized spacial score (nSPS) is 11.9. The molecule has 0 aliphatic carbocycles. The molecule has 3 nitrogen and oxygen atoms in total. The van der Waals surface area contributed by atoms with E-state index in [-0.39, 0.29) is 5.43 Å². The first-order valence-electron chi connectivity index (χ1n) is 8.86. The van der Waals surface area contributed by atoms with E-state index in [0.717, 1.165) is 0 Å². The van der Waals surface area contributed by atoms with Gasteiger partial charge in [0, 0.05) is 0 Å². The van der Waals surface area contributed by atoms with Crippen molar-refractivity contribution < 1.29 is 9.15 Å². The average molecular weight is 357 g/mol. The maximum absolute atomic E-state index is 12.8. The molecule has 0 saturated carbocycles. The van der Waals surface area contributed by atoms with Crippen molar-refractivity contribution in [1.82, 2.24) is 0 Å². The molecule has 1 aromatic heterocycles. The number of methoxy groups -OCH3 is 1. The van der Waals surface area contributed by atoms with Gasteiger partial charge >= 0.3 is 0 Å². The van der Waals surface area contributed by atoms with E-state index in [0.29, 0.717) is 38.9 Å². The Morgan fingerprint density at radius 2 is 1.64 bits per heavy atom. The fourth-order valence-corrected chi connectivity index (χ4v) is 9.15. The summed E-state index contributed by atoms with van der Waals surface area (Å²) < 4.78 is 10.8. The Kier molecular flexibility index (Phi) is 5.79. The van der Waals surface area contributed by atoms with Gasteiger partial charge in [-0.05, 0) is 34.8 Å². The Hall–Kier alpha value is -1.99. The highest BCUT2D eigenvalue weighted by molar-refractivity contribution is 6.90. The van der Waals surface area contributed by atoms with Crippen LogP contribution in [0, 0.1) is 11.5 Å². The van der Waals surface area contributed by atoms with Gasteiger partial charge in [0.15, 0.2) is 0 Å². The molecule has 0 amide bonds. The predicted molar refractivity (Wildman–Crippen MR) is 107 cm³/mol. The summed E-state index contributed by atoms with van der Waals surface area (Å²) in [4.78, 5) is 12.8. The minimum absolute atomic E-state index is 0.0909. The molecule has 0 spiro atoms. The summed E-state index contributed by atoms with van der Waals surface area (Å²) in [6.07, 6.45) is 1.49. The molecule has 0 unspecified atom stereocenters. The van der Waals surface area contributed by atoms with Crippen molar-refractivity contribution in [3.05, 3.63) is 40.2 Å². The number of hydrogen-bond donors (Lipinski definition) is 0. The SMILES string of the molecule is COc1ccc2occ(C#C[Si](C(C)C)(C(C)C)C(C)C)c(=O)c2c1. The van der Waals surface area contributed by atoms with E-state index in [9.17, 15) is 4.79 Å². The van der Waals surface area contributed by atoms with Crippen molar-refractivity contribution in [2.24, 2.45) is 0 Å². The number of fused-ring (bicyclic) bond motifs is 1. The molecule has 25 heavy (non-hydrogen) atoms. The fourth-order valence-electron chi connectivity index (χ4n) is 3.93. The average Bonchev–Trinajstić information content (AvgIpc) is 2.56. The van der Waals surface area contributed by atoms with Crippen molar-refractivity contribution in [2.75, 3.05) is 7.11 Å². The molecule has 1 heterocycles. The summed E-state index contributed by atoms with van der Waals surface area (Å²) in [5.74, 6) is 3.83. The van der Waals surface area contributed by atoms with E-state index in [1.54, 1.807) is 25.3 Å². The molecule has 1 aromatic carbocycles. The first-order chi connectivity index (χ1) is 11.7. The topological polar surface area (TPSA) is 39.4 Å². The van der Waals surface area contributed by atoms with Crippen LogP contribution in [0.2, 0.25) is 16.6 Å². The molecule has 134 valence electrons. The fraction of sp³-hybridized carbons (Fsp3) is 0.476. The third kappa shape index (κ3) is 3.52. The molecule has 2 rings (SSSR count). The Bertz CT molecular complexity index is 844. The molecular weight excluding hydrogens is 328 g/mol. The summed E-state index contributed by atoms with van der Waals surface area (Å²) in [5, 5.41) is 0.511. The Balaban J connectivity index is 2.62. The molecule has 0 aliphatic rings. The van der Waals surface area contributed by atoms with Crippen LogP contribution in [-0.2, 0) is 0 Å². The summed E-state index contributed by atoms with van der Waals surface area (Å²) in [5.41, 5.74) is 6.03. The van der Waals surface area contributed by atoms with Crippen LogP contribution in [0.1, 0.15) is 47.1 Å². The zero-order valence-corrected chi connectivity index (χ0v) is 17.3. The zero-order chi connectivity index (χ0) is 18.8. The first-order valence-corrected chi connectivity index (χ1v) is 11.1. The molecule has 0 fully saturated rings. The smallest absolute Gasteiger partial charge is 0.208 e. The summed E-state index contributed by atoms with van der Waals surface area (Å²) in [6, 6.07) is 5.25. The number of rotatable bonds is 4. The minimum Gasteiger partial charge on any atom is -0.497 e. The Labute approximate surface area is 151 Å². The molecule has 0 bridgehead atoms. The largest absolute Gasteiger partial charge is 0.497 e. The number of ether oxygens (including phenoxy) is 1. The lowest BCUT2D eigenvalue weighted by Gasteiger charge is -2.38. The third-order valence-corrected chi connectivity index (χ3v) is 11.5. The highest BCUT2D eigenvalue weighted by Crippen LogP contribution is 2.40. The van der Waals surface area contributed by atoms with E-state index < -0.39 is 8.07 Å². The van der Waals surface area contributed by atoms with Crippen molar-refractivity contribution in [1.29, 1.82) is 0 Å². The van der Waals surface area contributed by atoms with E-state index in [1.807, 2.05) is 0 Å². The Morgan fingerprint density at radius 3 is 2.16 bits per heavy atom. The molecule has 2 aromatic rings. The van der Waals surface area contributed by atoms with Gasteiger partial charge in [0.1, 0.15) is 31.2 Å². The van der Waals surface area contributed by atoms with Gasteiger partial charge < -0.3 is 9.15 Å². The lowest BCUT2D eigenvalue weighted by Crippen LogP contribution is -2.43. The van der Waals surface area contributed by atoms with Crippen LogP contribution in [0.15, 0.2) is 33.7 Å². The monoisotopic (exact) mass is 356 g/mol. The molecule has 0 N–H and O–H groups in total. The van der Waals surface area contributed by atoms with Gasteiger partial charge in [-0.2, -0.15) is 0 Å². The van der Waals surface area contributed by atoms with Crippen LogP contribution < -0.4 is 10.2 Å². The van der Waals surface area contributed by atoms with Crippen LogP contribution in [0.4, 0.5) is 0 Å². The second kappa shape index (κ2) is 7.49. The van der Waals surface area contributed by atoms with Crippen molar-refractivity contribution >= 4 is 19.0 Å². The number of hydrogen-bond acceptors (Lipinski definition) is 3. The second-order valence-electron chi connectivity index (χ2n) is 7.49. The zero-order valence-electron chi connectivity index (χ0n) is 16.3. The molecule has 0 saturated heterocycles. The van der Waals surface area contributed by atoms with Gasteiger partial charge in [-0.1, -0.05) is 47.5 Å². The van der Waals surface area contributed by atoms with E-state index >= 15 is 0 Å². The Morgan fingerprint density at radius 1 is 1.04 bits per heavy atom. The van der Waals surface area contributed by atoms with E-state index in [2.05, 4.69) is 53.0 Å². The quantitative estimate of drug-likeness (QED) is 0.546. The minimum atomic E-state index is -1.88. The van der Waals surface area contributed by atoms with Crippen molar-refractivity contribution in [3.8, 4) is 17.2 Å². The van der Waals surface area contributed by atoms with Crippen LogP contribution in [0.3, 0.4) is 0 Å². The van der Waals surface area contributed by atoms with Crippen LogP contribution >= 0.6 is 0 Å². The summed E-state index contributed by atoms with van der Waals surface area (Å²) in [6.45, 7) is 13.6. The molecule has 0 atom stereocenters. The number of benzene rings is 1. The van der Waals surface area contributed by atoms with Gasteiger partial charge in [-0.25, -0.2) is 0 Å². The molecule has 4 heteroatoms. The molecule has 0 radical (unpaired) electrons. The van der Waals surface area contributed by atoms with Crippen molar-refractivity contribution in [2.45, 2.75) is 58.2 Å². The van der Waals surface area contributed by atoms with Crippen LogP contribution in [0.25, 0.3) is 11.0 Å². The highest BCUT2D eigenvalue weighted by Gasteiger charge is 2.41. The molecular formula is C21H28O3Si. The molecule has 0 aliphatic heterocycles. The van der Waals surface area contributed by atoms with Gasteiger partial charge in [-0.15, -0.1) is 5.54 Å². The summed E-state index contributed by atoms with van der Waals surface area (Å²) >= 11 is 0. The van der Waals surface area contributed by atoms with Crippen LogP contribution in [-0.4, -0.2) is 15.2 Å². The highest BCUT2D eigenvalue weighted by atomic mass is 28.3. The maximum atomic E-state index is 12.8. The maximum Gasteiger partial charge on any atom is 0.208 e. The summed E-state index contributed by atoms with van der Waals surface area (Å²) in [7, 11) is -0.301. The van der Waals surface area contributed by atoms with E-state index in [4.69, 9.17) is 9.15 Å².